The van der Waals surface area contributed by atoms with Gasteiger partial charge in [-0.05, 0) is 61.9 Å². The lowest BCUT2D eigenvalue weighted by atomic mass is 9.90. The molecule has 0 unspecified atom stereocenters. The number of nitrogens with zero attached hydrogens (tertiary/aromatic N) is 8. The first-order chi connectivity index (χ1) is 25.4. The lowest BCUT2D eigenvalue weighted by molar-refractivity contribution is -0.111. The maximum absolute atomic E-state index is 13.9. The van der Waals surface area contributed by atoms with Gasteiger partial charge in [-0.3, -0.25) is 24.2 Å². The molecule has 2 amide bonds. The zero-order valence-corrected chi connectivity index (χ0v) is 31.0. The van der Waals surface area contributed by atoms with Crippen LogP contribution in [0.2, 0.25) is 0 Å². The number of aromatic nitrogens is 5. The lowest BCUT2D eigenvalue weighted by Crippen LogP contribution is -2.59. The summed E-state index contributed by atoms with van der Waals surface area (Å²) in [5.41, 5.74) is 6.18. The molecule has 7 heterocycles. The van der Waals surface area contributed by atoms with E-state index < -0.39 is 0 Å². The molecule has 2 N–H and O–H groups in total. The van der Waals surface area contributed by atoms with E-state index in [-0.39, 0.29) is 34.6 Å². The van der Waals surface area contributed by atoms with Gasteiger partial charge in [-0.2, -0.15) is 0 Å². The van der Waals surface area contributed by atoms with Crippen LogP contribution in [0.3, 0.4) is 0 Å². The number of aryl methyl sites for hydroxylation is 1. The third-order valence-electron chi connectivity index (χ3n) is 11.0. The predicted octanol–water partition coefficient (Wildman–Crippen LogP) is 3.91. The molecule has 0 spiro atoms. The number of pyridine rings is 2. The number of amides is 2. The molecular formula is C39H46N10O4. The molecule has 1 aliphatic carbocycles. The summed E-state index contributed by atoms with van der Waals surface area (Å²) < 4.78 is 9.07. The SMILES string of the molecule is C=CC(=O)Nc1cc(Nc2nc(-c3ccnc(N4CCn5c(cc6c5CC(C)(C)C6)C4=O)c3C)cn(C)c2=O)cnc1N1CCN(C2COC2)C[C@@H]1C. The minimum absolute atomic E-state index is 0.0634. The van der Waals surface area contributed by atoms with Gasteiger partial charge in [0.05, 0.1) is 42.5 Å². The van der Waals surface area contributed by atoms with E-state index in [1.165, 1.54) is 21.9 Å². The van der Waals surface area contributed by atoms with Gasteiger partial charge in [-0.1, -0.05) is 20.4 Å². The van der Waals surface area contributed by atoms with Crippen LogP contribution in [0.1, 0.15) is 48.1 Å². The van der Waals surface area contributed by atoms with Crippen LogP contribution >= 0.6 is 0 Å². The highest BCUT2D eigenvalue weighted by atomic mass is 16.5. The molecule has 0 bridgehead atoms. The fourth-order valence-electron chi connectivity index (χ4n) is 8.24. The number of hydrogen-bond donors (Lipinski definition) is 2. The Morgan fingerprint density at radius 1 is 1.08 bits per heavy atom. The Bertz CT molecular complexity index is 2200. The topological polar surface area (TPSA) is 143 Å². The number of hydrogen-bond acceptors (Lipinski definition) is 10. The maximum Gasteiger partial charge on any atom is 0.293 e. The van der Waals surface area contributed by atoms with Crippen LogP contribution < -0.4 is 26.0 Å². The second-order valence-electron chi connectivity index (χ2n) is 15.5. The Labute approximate surface area is 308 Å². The number of anilines is 5. The summed E-state index contributed by atoms with van der Waals surface area (Å²) in [5, 5.41) is 6.08. The number of fused-ring (bicyclic) bond motifs is 3. The zero-order valence-electron chi connectivity index (χ0n) is 31.0. The molecule has 4 aromatic heterocycles. The van der Waals surface area contributed by atoms with Crippen molar-refractivity contribution >= 4 is 40.6 Å². The second kappa shape index (κ2) is 13.3. The molecule has 2 fully saturated rings. The minimum atomic E-state index is -0.364. The number of nitrogens with one attached hydrogen (secondary N) is 2. The van der Waals surface area contributed by atoms with Crippen molar-refractivity contribution in [2.24, 2.45) is 12.5 Å². The molecule has 3 aliphatic heterocycles. The van der Waals surface area contributed by atoms with E-state index in [0.29, 0.717) is 53.5 Å². The van der Waals surface area contributed by atoms with E-state index in [4.69, 9.17) is 14.7 Å². The number of piperazine rings is 1. The average Bonchev–Trinajstić information content (AvgIpc) is 3.59. The van der Waals surface area contributed by atoms with Crippen molar-refractivity contribution in [1.29, 1.82) is 0 Å². The Hall–Kier alpha value is -5.34. The van der Waals surface area contributed by atoms with Gasteiger partial charge >= 0.3 is 0 Å². The summed E-state index contributed by atoms with van der Waals surface area (Å²) in [6.45, 7) is 17.4. The number of carbonyl (C=O) groups excluding carboxylic acids is 2. The van der Waals surface area contributed by atoms with E-state index in [1.54, 1.807) is 36.6 Å². The molecule has 53 heavy (non-hydrogen) atoms. The standard InChI is InChI=1S/C39H46N10O4/c1-7-33(50)43-29-15-26(18-41-36(29)47-11-10-46(19-23(47)2)27-21-53-22-27)42-34-38(52)45(6)20-30(44-34)28-8-9-40-35(24(28)3)49-13-12-48-31(37(49)51)14-25-16-39(4,5)17-32(25)48/h7-9,14-15,18,20,23,27H,1,10-13,16-17,19,21-22H2,2-6H3,(H,42,44)(H,43,50)/t23-/m0/s1. The Morgan fingerprint density at radius 2 is 1.89 bits per heavy atom. The first kappa shape index (κ1) is 34.7. The third-order valence-corrected chi connectivity index (χ3v) is 11.0. The van der Waals surface area contributed by atoms with Crippen LogP contribution in [-0.2, 0) is 36.0 Å². The molecule has 4 aliphatic rings. The van der Waals surface area contributed by atoms with Gasteiger partial charge in [-0.15, -0.1) is 0 Å². The predicted molar refractivity (Wildman–Crippen MR) is 204 cm³/mol. The summed E-state index contributed by atoms with van der Waals surface area (Å²) in [6.07, 6.45) is 8.17. The molecular weight excluding hydrogens is 672 g/mol. The van der Waals surface area contributed by atoms with Crippen molar-refractivity contribution in [2.75, 3.05) is 59.8 Å². The van der Waals surface area contributed by atoms with Crippen molar-refractivity contribution < 1.29 is 14.3 Å². The highest BCUT2D eigenvalue weighted by molar-refractivity contribution is 6.06. The molecule has 14 heteroatoms. The molecule has 2 saturated heterocycles. The van der Waals surface area contributed by atoms with Gasteiger partial charge in [0.2, 0.25) is 5.91 Å². The van der Waals surface area contributed by atoms with E-state index in [0.717, 1.165) is 56.8 Å². The average molecular weight is 719 g/mol. The number of ether oxygens (including phenoxy) is 1. The van der Waals surface area contributed by atoms with Crippen LogP contribution in [0.5, 0.6) is 0 Å². The van der Waals surface area contributed by atoms with E-state index >= 15 is 0 Å². The van der Waals surface area contributed by atoms with E-state index in [1.807, 2.05) is 13.0 Å². The fraction of sp³-hybridized carbons (Fsp3) is 0.436. The van der Waals surface area contributed by atoms with Crippen LogP contribution in [0.15, 0.2) is 54.2 Å². The minimum Gasteiger partial charge on any atom is -0.378 e. The van der Waals surface area contributed by atoms with E-state index in [9.17, 15) is 14.4 Å². The summed E-state index contributed by atoms with van der Waals surface area (Å²) in [4.78, 5) is 60.5. The van der Waals surface area contributed by atoms with Crippen molar-refractivity contribution in [3.05, 3.63) is 82.3 Å². The van der Waals surface area contributed by atoms with Crippen LogP contribution in [0.25, 0.3) is 11.3 Å². The monoisotopic (exact) mass is 718 g/mol. The zero-order chi connectivity index (χ0) is 37.2. The molecule has 14 nitrogen and oxygen atoms in total. The van der Waals surface area contributed by atoms with Crippen LogP contribution in [-0.4, -0.2) is 92.3 Å². The highest BCUT2D eigenvalue weighted by Gasteiger charge is 2.38. The Morgan fingerprint density at radius 3 is 2.62 bits per heavy atom. The van der Waals surface area contributed by atoms with Crippen molar-refractivity contribution in [3.8, 4) is 11.3 Å². The summed E-state index contributed by atoms with van der Waals surface area (Å²) in [6, 6.07) is 6.27. The molecule has 0 saturated carbocycles. The van der Waals surface area contributed by atoms with Gasteiger partial charge in [0, 0.05) is 75.0 Å². The van der Waals surface area contributed by atoms with Gasteiger partial charge in [-0.25, -0.2) is 15.0 Å². The van der Waals surface area contributed by atoms with E-state index in [2.05, 4.69) is 63.4 Å². The first-order valence-electron chi connectivity index (χ1n) is 18.3. The second-order valence-corrected chi connectivity index (χ2v) is 15.5. The first-order valence-corrected chi connectivity index (χ1v) is 18.3. The molecule has 8 rings (SSSR count). The quantitative estimate of drug-likeness (QED) is 0.258. The third kappa shape index (κ3) is 6.29. The smallest absolute Gasteiger partial charge is 0.293 e. The molecule has 1 atom stereocenters. The van der Waals surface area contributed by atoms with Gasteiger partial charge < -0.3 is 29.4 Å². The Balaban J connectivity index is 1.07. The fourth-order valence-corrected chi connectivity index (χ4v) is 8.24. The van der Waals surface area contributed by atoms with Gasteiger partial charge in [0.25, 0.3) is 11.5 Å². The lowest BCUT2D eigenvalue weighted by Gasteiger charge is -2.46. The van der Waals surface area contributed by atoms with Gasteiger partial charge in [0.1, 0.15) is 11.5 Å². The van der Waals surface area contributed by atoms with Crippen LogP contribution in [0, 0.1) is 12.3 Å². The summed E-state index contributed by atoms with van der Waals surface area (Å²) >= 11 is 0. The largest absolute Gasteiger partial charge is 0.378 e. The van der Waals surface area contributed by atoms with Crippen LogP contribution in [0.4, 0.5) is 28.8 Å². The molecule has 276 valence electrons. The van der Waals surface area contributed by atoms with Crippen molar-refractivity contribution in [1.82, 2.24) is 29.0 Å². The van der Waals surface area contributed by atoms with Crippen molar-refractivity contribution in [2.45, 2.75) is 59.2 Å². The summed E-state index contributed by atoms with van der Waals surface area (Å²) in [7, 11) is 1.67. The molecule has 4 aromatic rings. The normalized spacial score (nSPS) is 19.8. The number of rotatable bonds is 8. The maximum atomic E-state index is 13.9. The molecule has 0 radical (unpaired) electrons. The highest BCUT2D eigenvalue weighted by Crippen LogP contribution is 2.40. The number of carbonyl (C=O) groups is 2. The van der Waals surface area contributed by atoms with Crippen molar-refractivity contribution in [3.63, 3.8) is 0 Å². The summed E-state index contributed by atoms with van der Waals surface area (Å²) in [5.74, 6) is 0.879. The Kier molecular flexibility index (Phi) is 8.69. The van der Waals surface area contributed by atoms with Gasteiger partial charge in [0.15, 0.2) is 11.6 Å². The molecule has 0 aromatic carbocycles.